The molecule has 0 fully saturated rings. The Morgan fingerprint density at radius 2 is 1.90 bits per heavy atom. The van der Waals surface area contributed by atoms with Crippen LogP contribution in [0.2, 0.25) is 0 Å². The van der Waals surface area contributed by atoms with E-state index in [0.29, 0.717) is 33.8 Å². The number of rotatable bonds is 9. The highest BCUT2D eigenvalue weighted by atomic mass is 79.9. The van der Waals surface area contributed by atoms with Crippen molar-refractivity contribution >= 4 is 43.8 Å². The predicted octanol–water partition coefficient (Wildman–Crippen LogP) is 2.41. The molecule has 2 aromatic rings. The number of amides is 1. The van der Waals surface area contributed by atoms with Crippen molar-refractivity contribution in [3.63, 3.8) is 0 Å². The SMILES string of the molecule is CCOc1cc(/C=N\Nc2ccc(S(N)(=O)=O)cc2)cc(Br)c1OCC(=O)N(C)C. The molecule has 0 atom stereocenters. The summed E-state index contributed by atoms with van der Waals surface area (Å²) in [7, 11) is -0.434. The van der Waals surface area contributed by atoms with Crippen LogP contribution in [0.25, 0.3) is 0 Å². The number of benzene rings is 2. The van der Waals surface area contributed by atoms with Gasteiger partial charge in [0, 0.05) is 14.1 Å². The number of primary sulfonamides is 1. The third-order valence-electron chi connectivity index (χ3n) is 3.76. The zero-order chi connectivity index (χ0) is 22.3. The number of ether oxygens (including phenoxy) is 2. The van der Waals surface area contributed by atoms with Crippen LogP contribution in [-0.2, 0) is 14.8 Å². The molecule has 0 unspecified atom stereocenters. The Morgan fingerprint density at radius 1 is 1.23 bits per heavy atom. The summed E-state index contributed by atoms with van der Waals surface area (Å²) in [6.45, 7) is 2.14. The van der Waals surface area contributed by atoms with Crippen molar-refractivity contribution in [1.29, 1.82) is 0 Å². The Bertz CT molecular complexity index is 1020. The van der Waals surface area contributed by atoms with Crippen molar-refractivity contribution in [3.05, 3.63) is 46.4 Å². The fourth-order valence-corrected chi connectivity index (χ4v) is 3.32. The van der Waals surface area contributed by atoms with Gasteiger partial charge in [-0.05, 0) is 64.8 Å². The second kappa shape index (κ2) is 10.4. The van der Waals surface area contributed by atoms with E-state index in [4.69, 9.17) is 14.6 Å². The first-order chi connectivity index (χ1) is 14.1. The molecule has 0 aliphatic rings. The van der Waals surface area contributed by atoms with Gasteiger partial charge in [-0.2, -0.15) is 5.10 Å². The number of hydrogen-bond acceptors (Lipinski definition) is 7. The maximum Gasteiger partial charge on any atom is 0.259 e. The first-order valence-electron chi connectivity index (χ1n) is 8.83. The summed E-state index contributed by atoms with van der Waals surface area (Å²) in [5.74, 6) is 0.723. The van der Waals surface area contributed by atoms with Crippen molar-refractivity contribution < 1.29 is 22.7 Å². The number of hydrazone groups is 1. The zero-order valence-corrected chi connectivity index (χ0v) is 19.2. The quantitative estimate of drug-likeness (QED) is 0.404. The molecule has 2 rings (SSSR count). The standard InChI is InChI=1S/C19H23BrN4O5S/c1-4-28-17-10-13(9-16(20)19(17)29-12-18(25)24(2)3)11-22-23-14-5-7-15(8-6-14)30(21,26)27/h5-11,23H,4,12H2,1-3H3,(H2,21,26,27)/b22-11-. The first kappa shape index (κ1) is 23.6. The van der Waals surface area contributed by atoms with Crippen LogP contribution in [-0.4, -0.2) is 52.7 Å². The van der Waals surface area contributed by atoms with Gasteiger partial charge in [-0.1, -0.05) is 0 Å². The van der Waals surface area contributed by atoms with Gasteiger partial charge in [0.25, 0.3) is 5.91 Å². The molecular formula is C19H23BrN4O5S. The van der Waals surface area contributed by atoms with Gasteiger partial charge in [0.1, 0.15) is 0 Å². The largest absolute Gasteiger partial charge is 0.490 e. The molecule has 30 heavy (non-hydrogen) atoms. The second-order valence-electron chi connectivity index (χ2n) is 6.28. The lowest BCUT2D eigenvalue weighted by atomic mass is 10.2. The predicted molar refractivity (Wildman–Crippen MR) is 119 cm³/mol. The Morgan fingerprint density at radius 3 is 2.47 bits per heavy atom. The third kappa shape index (κ3) is 6.71. The van der Waals surface area contributed by atoms with E-state index in [0.717, 1.165) is 0 Å². The minimum Gasteiger partial charge on any atom is -0.490 e. The fourth-order valence-electron chi connectivity index (χ4n) is 2.23. The van der Waals surface area contributed by atoms with Crippen LogP contribution in [0.4, 0.5) is 5.69 Å². The summed E-state index contributed by atoms with van der Waals surface area (Å²) < 4.78 is 34.4. The van der Waals surface area contributed by atoms with Crippen molar-refractivity contribution in [1.82, 2.24) is 4.90 Å². The van der Waals surface area contributed by atoms with Gasteiger partial charge in [0.05, 0.1) is 27.9 Å². The van der Waals surface area contributed by atoms with E-state index in [1.165, 1.54) is 17.0 Å². The molecule has 162 valence electrons. The van der Waals surface area contributed by atoms with Gasteiger partial charge in [-0.25, -0.2) is 13.6 Å². The van der Waals surface area contributed by atoms with Gasteiger partial charge in [0.2, 0.25) is 10.0 Å². The Kier molecular flexibility index (Phi) is 8.21. The van der Waals surface area contributed by atoms with E-state index in [1.807, 2.05) is 6.92 Å². The Labute approximate surface area is 184 Å². The summed E-state index contributed by atoms with van der Waals surface area (Å²) >= 11 is 3.44. The number of carbonyl (C=O) groups excluding carboxylic acids is 1. The first-order valence-corrected chi connectivity index (χ1v) is 11.2. The fraction of sp³-hybridized carbons (Fsp3) is 0.263. The van der Waals surface area contributed by atoms with Crippen molar-refractivity contribution in [3.8, 4) is 11.5 Å². The summed E-state index contributed by atoms with van der Waals surface area (Å²) in [5, 5.41) is 9.21. The van der Waals surface area contributed by atoms with Crippen molar-refractivity contribution in [2.75, 3.05) is 32.7 Å². The number of halogens is 1. The highest BCUT2D eigenvalue weighted by Gasteiger charge is 2.14. The number of nitrogens with two attached hydrogens (primary N) is 1. The average molecular weight is 499 g/mol. The van der Waals surface area contributed by atoms with Crippen LogP contribution >= 0.6 is 15.9 Å². The normalized spacial score (nSPS) is 11.4. The van der Waals surface area contributed by atoms with Gasteiger partial charge in [-0.3, -0.25) is 10.2 Å². The molecule has 0 bridgehead atoms. The molecule has 0 saturated carbocycles. The third-order valence-corrected chi connectivity index (χ3v) is 5.28. The molecule has 9 nitrogen and oxygen atoms in total. The van der Waals surface area contributed by atoms with Crippen LogP contribution in [0.5, 0.6) is 11.5 Å². The molecular weight excluding hydrogens is 476 g/mol. The van der Waals surface area contributed by atoms with E-state index in [1.54, 1.807) is 44.6 Å². The molecule has 11 heteroatoms. The number of hydrogen-bond donors (Lipinski definition) is 2. The lowest BCUT2D eigenvalue weighted by Crippen LogP contribution is -2.27. The molecule has 0 radical (unpaired) electrons. The summed E-state index contributed by atoms with van der Waals surface area (Å²) in [6, 6.07) is 9.39. The maximum absolute atomic E-state index is 11.8. The van der Waals surface area contributed by atoms with Crippen LogP contribution < -0.4 is 20.0 Å². The van der Waals surface area contributed by atoms with Crippen LogP contribution in [0.3, 0.4) is 0 Å². The smallest absolute Gasteiger partial charge is 0.259 e. The number of carbonyl (C=O) groups is 1. The summed E-state index contributed by atoms with van der Waals surface area (Å²) in [6.07, 6.45) is 1.57. The lowest BCUT2D eigenvalue weighted by Gasteiger charge is -2.16. The van der Waals surface area contributed by atoms with E-state index in [-0.39, 0.29) is 17.4 Å². The molecule has 1 amide bonds. The van der Waals surface area contributed by atoms with Gasteiger partial charge < -0.3 is 14.4 Å². The molecule has 0 spiro atoms. The number of nitrogens with one attached hydrogen (secondary N) is 1. The molecule has 0 aromatic heterocycles. The monoisotopic (exact) mass is 498 g/mol. The highest BCUT2D eigenvalue weighted by molar-refractivity contribution is 9.10. The minimum absolute atomic E-state index is 0.0191. The second-order valence-corrected chi connectivity index (χ2v) is 8.69. The molecule has 2 aromatic carbocycles. The van der Waals surface area contributed by atoms with Crippen molar-refractivity contribution in [2.45, 2.75) is 11.8 Å². The highest BCUT2D eigenvalue weighted by Crippen LogP contribution is 2.36. The number of nitrogens with zero attached hydrogens (tertiary/aromatic N) is 2. The van der Waals surface area contributed by atoms with Crippen LogP contribution in [0.1, 0.15) is 12.5 Å². The molecule has 0 aliphatic carbocycles. The zero-order valence-electron chi connectivity index (χ0n) is 16.8. The van der Waals surface area contributed by atoms with Crippen molar-refractivity contribution in [2.24, 2.45) is 10.2 Å². The molecule has 0 aliphatic heterocycles. The lowest BCUT2D eigenvalue weighted by molar-refractivity contribution is -0.130. The van der Waals surface area contributed by atoms with Crippen LogP contribution in [0.15, 0.2) is 50.9 Å². The minimum atomic E-state index is -3.74. The molecule has 3 N–H and O–H groups in total. The van der Waals surface area contributed by atoms with E-state index < -0.39 is 10.0 Å². The number of anilines is 1. The average Bonchev–Trinajstić information content (AvgIpc) is 2.67. The molecule has 0 saturated heterocycles. The number of likely N-dealkylation sites (N-methyl/N-ethyl adjacent to an activating group) is 1. The molecule has 0 heterocycles. The maximum atomic E-state index is 11.8. The summed E-state index contributed by atoms with van der Waals surface area (Å²) in [4.78, 5) is 13.3. The van der Waals surface area contributed by atoms with E-state index in [2.05, 4.69) is 26.5 Å². The van der Waals surface area contributed by atoms with E-state index in [9.17, 15) is 13.2 Å². The van der Waals surface area contributed by atoms with Gasteiger partial charge in [0.15, 0.2) is 18.1 Å². The Balaban J connectivity index is 2.14. The topological polar surface area (TPSA) is 123 Å². The summed E-state index contributed by atoms with van der Waals surface area (Å²) in [5.41, 5.74) is 4.11. The number of sulfonamides is 1. The van der Waals surface area contributed by atoms with Crippen LogP contribution in [0, 0.1) is 0 Å². The van der Waals surface area contributed by atoms with Gasteiger partial charge in [-0.15, -0.1) is 0 Å². The van der Waals surface area contributed by atoms with E-state index >= 15 is 0 Å². The Hall–Kier alpha value is -2.63. The van der Waals surface area contributed by atoms with Gasteiger partial charge >= 0.3 is 0 Å².